The van der Waals surface area contributed by atoms with Gasteiger partial charge in [-0.25, -0.2) is 17.9 Å². The summed E-state index contributed by atoms with van der Waals surface area (Å²) in [6.45, 7) is 0. The number of hydrogen-bond donors (Lipinski definition) is 2. The lowest BCUT2D eigenvalue weighted by atomic mass is 9.96. The molecule has 0 atom stereocenters. The maximum Gasteiger partial charge on any atom is 0.328 e. The zero-order chi connectivity index (χ0) is 17.7. The Bertz CT molecular complexity index is 733. The molecule has 2 amide bonds. The quantitative estimate of drug-likeness (QED) is 0.546. The van der Waals surface area contributed by atoms with Crippen molar-refractivity contribution in [2.45, 2.75) is 43.0 Å². The van der Waals surface area contributed by atoms with Crippen molar-refractivity contribution in [2.75, 3.05) is 5.33 Å². The number of amides is 2. The van der Waals surface area contributed by atoms with Crippen LogP contribution in [-0.4, -0.2) is 31.6 Å². The molecule has 1 aromatic rings. The van der Waals surface area contributed by atoms with Gasteiger partial charge in [-0.2, -0.15) is 0 Å². The molecule has 0 radical (unpaired) electrons. The van der Waals surface area contributed by atoms with Gasteiger partial charge in [0.2, 0.25) is 0 Å². The monoisotopic (exact) mass is 436 g/mol. The van der Waals surface area contributed by atoms with Crippen molar-refractivity contribution in [3.8, 4) is 0 Å². The highest BCUT2D eigenvalue weighted by Gasteiger charge is 2.24. The second-order valence-corrected chi connectivity index (χ2v) is 8.23. The molecule has 132 valence electrons. The van der Waals surface area contributed by atoms with E-state index in [1.807, 2.05) is 4.72 Å². The Kier molecular flexibility index (Phi) is 6.65. The van der Waals surface area contributed by atoms with Gasteiger partial charge in [0.05, 0.1) is 10.4 Å². The topological polar surface area (TPSA) is 92.3 Å². The van der Waals surface area contributed by atoms with E-state index >= 15 is 0 Å². The molecule has 0 aromatic heterocycles. The Morgan fingerprint density at radius 2 is 1.88 bits per heavy atom. The molecule has 24 heavy (non-hydrogen) atoms. The first kappa shape index (κ1) is 19.2. The molecule has 0 spiro atoms. The molecule has 1 aliphatic rings. The number of Topliss-reactive ketones (excluding diaryl/α,β-unsaturated/α-hetero) is 1. The third kappa shape index (κ3) is 4.94. The van der Waals surface area contributed by atoms with Crippen molar-refractivity contribution in [3.63, 3.8) is 0 Å². The van der Waals surface area contributed by atoms with Crippen molar-refractivity contribution in [1.29, 1.82) is 0 Å². The first-order valence-corrected chi connectivity index (χ1v) is 10.5. The van der Waals surface area contributed by atoms with Crippen LogP contribution in [-0.2, 0) is 10.0 Å². The summed E-state index contributed by atoms with van der Waals surface area (Å²) in [5.41, 5.74) is 0.198. The summed E-state index contributed by atoms with van der Waals surface area (Å²) in [7, 11) is -4.17. The fourth-order valence-corrected chi connectivity index (χ4v) is 4.36. The van der Waals surface area contributed by atoms with E-state index in [4.69, 9.17) is 11.6 Å². The largest absolute Gasteiger partial charge is 0.335 e. The summed E-state index contributed by atoms with van der Waals surface area (Å²) in [5, 5.41) is 2.67. The molecular weight excluding hydrogens is 420 g/mol. The number of benzene rings is 1. The average molecular weight is 438 g/mol. The van der Waals surface area contributed by atoms with Crippen LogP contribution in [0.2, 0.25) is 5.02 Å². The van der Waals surface area contributed by atoms with E-state index in [0.717, 1.165) is 32.1 Å². The van der Waals surface area contributed by atoms with Crippen LogP contribution in [0.5, 0.6) is 0 Å². The normalized spacial score (nSPS) is 15.8. The molecule has 1 fully saturated rings. The Morgan fingerprint density at radius 3 is 2.50 bits per heavy atom. The molecule has 1 saturated carbocycles. The minimum atomic E-state index is -4.17. The number of nitrogens with one attached hydrogen (secondary N) is 2. The molecule has 9 heteroatoms. The Morgan fingerprint density at radius 1 is 1.21 bits per heavy atom. The van der Waals surface area contributed by atoms with Crippen molar-refractivity contribution >= 4 is 49.4 Å². The molecule has 0 saturated heterocycles. The Hall–Kier alpha value is -1.12. The van der Waals surface area contributed by atoms with E-state index in [-0.39, 0.29) is 32.6 Å². The van der Waals surface area contributed by atoms with Crippen LogP contribution in [0.4, 0.5) is 4.79 Å². The van der Waals surface area contributed by atoms with Gasteiger partial charge in [-0.3, -0.25) is 4.79 Å². The third-order valence-electron chi connectivity index (χ3n) is 3.83. The predicted octanol–water partition coefficient (Wildman–Crippen LogP) is 3.24. The smallest absolute Gasteiger partial charge is 0.328 e. The Labute approximate surface area is 154 Å². The number of urea groups is 1. The van der Waals surface area contributed by atoms with Crippen molar-refractivity contribution in [1.82, 2.24) is 10.0 Å². The van der Waals surface area contributed by atoms with Crippen LogP contribution >= 0.6 is 27.5 Å². The van der Waals surface area contributed by atoms with Gasteiger partial charge in [-0.05, 0) is 31.0 Å². The van der Waals surface area contributed by atoms with Crippen LogP contribution in [0.15, 0.2) is 23.1 Å². The SMILES string of the molecule is O=C(NC1CCCCC1)NS(=O)(=O)c1cc(C(=O)CBr)ccc1Cl. The molecule has 2 rings (SSSR count). The van der Waals surface area contributed by atoms with Gasteiger partial charge < -0.3 is 5.32 Å². The zero-order valence-corrected chi connectivity index (χ0v) is 16.0. The summed E-state index contributed by atoms with van der Waals surface area (Å²) < 4.78 is 26.7. The summed E-state index contributed by atoms with van der Waals surface area (Å²) in [5.74, 6) is -0.283. The molecule has 0 unspecified atom stereocenters. The number of halogens is 2. The van der Waals surface area contributed by atoms with Gasteiger partial charge in [-0.15, -0.1) is 0 Å². The van der Waals surface area contributed by atoms with Gasteiger partial charge >= 0.3 is 6.03 Å². The van der Waals surface area contributed by atoms with Crippen LogP contribution in [0, 0.1) is 0 Å². The minimum absolute atomic E-state index is 0.0225. The van der Waals surface area contributed by atoms with Crippen LogP contribution < -0.4 is 10.0 Å². The van der Waals surface area contributed by atoms with Gasteiger partial charge in [0.25, 0.3) is 10.0 Å². The van der Waals surface area contributed by atoms with E-state index in [1.54, 1.807) is 0 Å². The number of carbonyl (C=O) groups excluding carboxylic acids is 2. The van der Waals surface area contributed by atoms with E-state index in [2.05, 4.69) is 21.2 Å². The lowest BCUT2D eigenvalue weighted by molar-refractivity contribution is 0.102. The maximum absolute atomic E-state index is 12.4. The molecular formula is C15H18BrClN2O4S. The van der Waals surface area contributed by atoms with Crippen LogP contribution in [0.1, 0.15) is 42.5 Å². The van der Waals surface area contributed by atoms with Gasteiger partial charge in [0.15, 0.2) is 5.78 Å². The number of carbonyl (C=O) groups is 2. The second kappa shape index (κ2) is 8.31. The predicted molar refractivity (Wildman–Crippen MR) is 95.3 cm³/mol. The number of alkyl halides is 1. The van der Waals surface area contributed by atoms with Crippen molar-refractivity contribution in [3.05, 3.63) is 28.8 Å². The standard InChI is InChI=1S/C15H18BrClN2O4S/c16-9-13(20)10-6-7-12(17)14(8-10)24(22,23)19-15(21)18-11-4-2-1-3-5-11/h6-8,11H,1-5,9H2,(H2,18,19,21). The molecule has 1 aliphatic carbocycles. The van der Waals surface area contributed by atoms with Crippen LogP contribution in [0.25, 0.3) is 0 Å². The molecule has 2 N–H and O–H groups in total. The highest BCUT2D eigenvalue weighted by molar-refractivity contribution is 9.09. The van der Waals surface area contributed by atoms with E-state index in [9.17, 15) is 18.0 Å². The summed E-state index contributed by atoms with van der Waals surface area (Å²) in [4.78, 5) is 23.4. The van der Waals surface area contributed by atoms with E-state index < -0.39 is 16.1 Å². The van der Waals surface area contributed by atoms with Gasteiger partial charge in [0.1, 0.15) is 4.90 Å². The summed E-state index contributed by atoms with van der Waals surface area (Å²) in [6.07, 6.45) is 4.83. The zero-order valence-electron chi connectivity index (χ0n) is 12.8. The molecule has 6 nitrogen and oxygen atoms in total. The Balaban J connectivity index is 2.14. The van der Waals surface area contributed by atoms with Gasteiger partial charge in [0, 0.05) is 11.6 Å². The molecule has 0 bridgehead atoms. The second-order valence-electron chi connectivity index (χ2n) is 5.62. The van der Waals surface area contributed by atoms with Crippen molar-refractivity contribution in [2.24, 2.45) is 0 Å². The lowest BCUT2D eigenvalue weighted by Gasteiger charge is -2.22. The summed E-state index contributed by atoms with van der Waals surface area (Å²) >= 11 is 8.96. The molecule has 0 aliphatic heterocycles. The number of sulfonamides is 1. The maximum atomic E-state index is 12.4. The molecule has 1 aromatic carbocycles. The number of hydrogen-bond acceptors (Lipinski definition) is 4. The average Bonchev–Trinajstić information content (AvgIpc) is 2.54. The third-order valence-corrected chi connectivity index (χ3v) is 6.15. The fourth-order valence-electron chi connectivity index (χ4n) is 2.60. The number of ketones is 1. The molecule has 0 heterocycles. The van der Waals surface area contributed by atoms with Crippen molar-refractivity contribution < 1.29 is 18.0 Å². The minimum Gasteiger partial charge on any atom is -0.335 e. The van der Waals surface area contributed by atoms with E-state index in [1.165, 1.54) is 18.2 Å². The van der Waals surface area contributed by atoms with Gasteiger partial charge in [-0.1, -0.05) is 46.8 Å². The fraction of sp³-hybridized carbons (Fsp3) is 0.467. The highest BCUT2D eigenvalue weighted by atomic mass is 79.9. The first-order chi connectivity index (χ1) is 11.3. The lowest BCUT2D eigenvalue weighted by Crippen LogP contribution is -2.45. The number of rotatable bonds is 5. The highest BCUT2D eigenvalue weighted by Crippen LogP contribution is 2.23. The van der Waals surface area contributed by atoms with E-state index in [0.29, 0.717) is 0 Å². The van der Waals surface area contributed by atoms with Crippen LogP contribution in [0.3, 0.4) is 0 Å². The first-order valence-electron chi connectivity index (χ1n) is 7.55. The summed E-state index contributed by atoms with van der Waals surface area (Å²) in [6, 6.07) is 3.13.